The molecule has 3 aromatic rings. The minimum absolute atomic E-state index is 0.00393. The summed E-state index contributed by atoms with van der Waals surface area (Å²) >= 11 is 1.16. The molecule has 5 nitrogen and oxygen atoms in total. The minimum Gasteiger partial charge on any atom is -0.354 e. The molecule has 0 bridgehead atoms. The van der Waals surface area contributed by atoms with Gasteiger partial charge in [-0.25, -0.2) is 4.98 Å². The Balaban J connectivity index is 2.26. The summed E-state index contributed by atoms with van der Waals surface area (Å²) < 4.78 is 39.8. The molecule has 2 N–H and O–H groups in total. The Labute approximate surface area is 149 Å². The number of H-pyrrole nitrogens is 1. The number of amides is 1. The number of hydrogen-bond acceptors (Lipinski definition) is 4. The van der Waals surface area contributed by atoms with E-state index in [0.717, 1.165) is 23.5 Å². The molecule has 1 aromatic carbocycles. The van der Waals surface area contributed by atoms with Crippen LogP contribution in [0.15, 0.2) is 40.6 Å². The zero-order valence-corrected chi connectivity index (χ0v) is 14.2. The fraction of sp³-hybridized carbons (Fsp3) is 0.118. The maximum Gasteiger partial charge on any atom is 0.418 e. The maximum atomic E-state index is 13.3. The summed E-state index contributed by atoms with van der Waals surface area (Å²) in [6.45, 7) is 1.63. The molecule has 0 saturated carbocycles. The monoisotopic (exact) mass is 379 g/mol. The number of halogens is 3. The first kappa shape index (κ1) is 17.9. The Morgan fingerprint density at radius 2 is 2.12 bits per heavy atom. The molecule has 0 saturated heterocycles. The van der Waals surface area contributed by atoms with Crippen LogP contribution >= 0.6 is 11.3 Å². The van der Waals surface area contributed by atoms with Gasteiger partial charge in [0.25, 0.3) is 5.91 Å². The third kappa shape index (κ3) is 3.25. The number of rotatable bonds is 3. The van der Waals surface area contributed by atoms with Crippen molar-refractivity contribution in [2.24, 2.45) is 0 Å². The molecular weight excluding hydrogens is 367 g/mol. The topological polar surface area (TPSA) is 74.8 Å². The lowest BCUT2D eigenvalue weighted by Crippen LogP contribution is -2.25. The van der Waals surface area contributed by atoms with E-state index < -0.39 is 23.1 Å². The van der Waals surface area contributed by atoms with Gasteiger partial charge in [-0.1, -0.05) is 12.1 Å². The van der Waals surface area contributed by atoms with Crippen LogP contribution in [0.1, 0.15) is 28.5 Å². The Kier molecular flexibility index (Phi) is 4.64. The number of nitrogens with zero attached hydrogens (tertiary/aromatic N) is 1. The molecule has 26 heavy (non-hydrogen) atoms. The van der Waals surface area contributed by atoms with Crippen LogP contribution in [0, 0.1) is 0 Å². The number of para-hydroxylation sites is 1. The van der Waals surface area contributed by atoms with Gasteiger partial charge in [0.1, 0.15) is 5.56 Å². The number of hydrogen-bond donors (Lipinski definition) is 2. The van der Waals surface area contributed by atoms with Crippen molar-refractivity contribution in [2.45, 2.75) is 13.1 Å². The van der Waals surface area contributed by atoms with E-state index in [2.05, 4.69) is 15.3 Å². The SMILES string of the molecule is CC=Cc1[nH]c2c(C(F)(F)F)cccc2c(=O)c1C(=O)Nc1nccs1. The Morgan fingerprint density at radius 1 is 1.35 bits per heavy atom. The zero-order valence-electron chi connectivity index (χ0n) is 13.3. The van der Waals surface area contributed by atoms with E-state index in [1.54, 1.807) is 12.3 Å². The van der Waals surface area contributed by atoms with Crippen LogP contribution in [0.4, 0.5) is 18.3 Å². The highest BCUT2D eigenvalue weighted by Gasteiger charge is 2.34. The number of benzene rings is 1. The smallest absolute Gasteiger partial charge is 0.354 e. The highest BCUT2D eigenvalue weighted by atomic mass is 32.1. The lowest BCUT2D eigenvalue weighted by atomic mass is 10.0. The average molecular weight is 379 g/mol. The summed E-state index contributed by atoms with van der Waals surface area (Å²) in [6, 6.07) is 3.27. The number of anilines is 1. The first-order chi connectivity index (χ1) is 12.3. The van der Waals surface area contributed by atoms with E-state index in [1.165, 1.54) is 24.4 Å². The summed E-state index contributed by atoms with van der Waals surface area (Å²) in [5.41, 5.74) is -2.39. The summed E-state index contributed by atoms with van der Waals surface area (Å²) in [7, 11) is 0. The van der Waals surface area contributed by atoms with Crippen molar-refractivity contribution < 1.29 is 18.0 Å². The third-order valence-corrected chi connectivity index (χ3v) is 4.27. The Hall–Kier alpha value is -2.94. The van der Waals surface area contributed by atoms with Gasteiger partial charge in [-0.15, -0.1) is 11.3 Å². The normalized spacial score (nSPS) is 12.0. The van der Waals surface area contributed by atoms with Crippen molar-refractivity contribution in [1.29, 1.82) is 0 Å². The Bertz CT molecular complexity index is 1050. The third-order valence-electron chi connectivity index (χ3n) is 3.58. The van der Waals surface area contributed by atoms with Gasteiger partial charge < -0.3 is 4.98 Å². The number of aromatic nitrogens is 2. The predicted octanol–water partition coefficient (Wildman–Crippen LogP) is 4.29. The second-order valence-corrected chi connectivity index (χ2v) is 6.15. The number of pyridine rings is 1. The van der Waals surface area contributed by atoms with Crippen LogP contribution in [0.2, 0.25) is 0 Å². The molecule has 0 aliphatic rings. The Morgan fingerprint density at radius 3 is 2.73 bits per heavy atom. The first-order valence-electron chi connectivity index (χ1n) is 7.42. The second kappa shape index (κ2) is 6.75. The maximum absolute atomic E-state index is 13.3. The van der Waals surface area contributed by atoms with E-state index in [1.807, 2.05) is 0 Å². The van der Waals surface area contributed by atoms with E-state index in [4.69, 9.17) is 0 Å². The van der Waals surface area contributed by atoms with Crippen LogP contribution in [0.3, 0.4) is 0 Å². The van der Waals surface area contributed by atoms with E-state index >= 15 is 0 Å². The number of alkyl halides is 3. The molecule has 134 valence electrons. The molecule has 0 aliphatic heterocycles. The largest absolute Gasteiger partial charge is 0.418 e. The molecule has 0 atom stereocenters. The van der Waals surface area contributed by atoms with E-state index in [0.29, 0.717) is 0 Å². The molecule has 0 unspecified atom stereocenters. The van der Waals surface area contributed by atoms with Crippen molar-refractivity contribution >= 4 is 39.4 Å². The quantitative estimate of drug-likeness (QED) is 0.713. The van der Waals surface area contributed by atoms with Gasteiger partial charge in [-0.05, 0) is 25.1 Å². The minimum atomic E-state index is -4.64. The fourth-order valence-corrected chi connectivity index (χ4v) is 3.05. The average Bonchev–Trinajstić information content (AvgIpc) is 3.06. The number of thiazole rings is 1. The van der Waals surface area contributed by atoms with Gasteiger partial charge in [-0.3, -0.25) is 14.9 Å². The van der Waals surface area contributed by atoms with Gasteiger partial charge in [0.05, 0.1) is 16.8 Å². The highest BCUT2D eigenvalue weighted by Crippen LogP contribution is 2.33. The predicted molar refractivity (Wildman–Crippen MR) is 94.3 cm³/mol. The van der Waals surface area contributed by atoms with Gasteiger partial charge in [0.2, 0.25) is 5.43 Å². The molecule has 0 aliphatic carbocycles. The van der Waals surface area contributed by atoms with Gasteiger partial charge >= 0.3 is 6.18 Å². The second-order valence-electron chi connectivity index (χ2n) is 5.26. The fourth-order valence-electron chi connectivity index (χ4n) is 2.53. The molecule has 1 amide bonds. The number of aromatic amines is 1. The molecule has 0 radical (unpaired) electrons. The van der Waals surface area contributed by atoms with Gasteiger partial charge in [0.15, 0.2) is 5.13 Å². The lowest BCUT2D eigenvalue weighted by molar-refractivity contribution is -0.136. The van der Waals surface area contributed by atoms with Crippen molar-refractivity contribution in [3.05, 3.63) is 62.9 Å². The summed E-state index contributed by atoms with van der Waals surface area (Å²) in [4.78, 5) is 31.8. The lowest BCUT2D eigenvalue weighted by Gasteiger charge is -2.13. The number of carbonyl (C=O) groups excluding carboxylic acids is 1. The van der Waals surface area contributed by atoms with Crippen molar-refractivity contribution in [3.8, 4) is 0 Å². The van der Waals surface area contributed by atoms with Gasteiger partial charge in [0, 0.05) is 17.0 Å². The molecule has 9 heteroatoms. The highest BCUT2D eigenvalue weighted by molar-refractivity contribution is 7.13. The summed E-state index contributed by atoms with van der Waals surface area (Å²) in [6.07, 6.45) is -0.258. The standard InChI is InChI=1S/C17H12F3N3O2S/c1-2-4-11-12(15(25)23-16-21-7-8-26-16)14(24)9-5-3-6-10(13(9)22-11)17(18,19)20/h2-8H,1H3,(H,22,24)(H,21,23,25). The zero-order chi connectivity index (χ0) is 18.9. The summed E-state index contributed by atoms with van der Waals surface area (Å²) in [5, 5.41) is 4.19. The van der Waals surface area contributed by atoms with Crippen molar-refractivity contribution in [1.82, 2.24) is 9.97 Å². The van der Waals surface area contributed by atoms with Crippen LogP contribution in [-0.4, -0.2) is 15.9 Å². The van der Waals surface area contributed by atoms with Crippen molar-refractivity contribution in [2.75, 3.05) is 5.32 Å². The first-order valence-corrected chi connectivity index (χ1v) is 8.30. The van der Waals surface area contributed by atoms with E-state index in [-0.39, 0.29) is 27.3 Å². The summed E-state index contributed by atoms with van der Waals surface area (Å²) in [5.74, 6) is -0.742. The number of fused-ring (bicyclic) bond motifs is 1. The van der Waals surface area contributed by atoms with Crippen LogP contribution in [0.5, 0.6) is 0 Å². The molecule has 3 rings (SSSR count). The van der Waals surface area contributed by atoms with Gasteiger partial charge in [-0.2, -0.15) is 13.2 Å². The number of allylic oxidation sites excluding steroid dienone is 1. The molecule has 2 aromatic heterocycles. The van der Waals surface area contributed by atoms with Crippen LogP contribution in [0.25, 0.3) is 17.0 Å². The van der Waals surface area contributed by atoms with Crippen LogP contribution < -0.4 is 10.7 Å². The number of carbonyl (C=O) groups is 1. The number of nitrogens with one attached hydrogen (secondary N) is 2. The molecule has 2 heterocycles. The van der Waals surface area contributed by atoms with Crippen LogP contribution in [-0.2, 0) is 6.18 Å². The molecule has 0 spiro atoms. The van der Waals surface area contributed by atoms with E-state index in [9.17, 15) is 22.8 Å². The molecule has 0 fully saturated rings. The molecular formula is C17H12F3N3O2S. The van der Waals surface area contributed by atoms with Crippen molar-refractivity contribution in [3.63, 3.8) is 0 Å².